The lowest BCUT2D eigenvalue weighted by molar-refractivity contribution is -0.133. The fraction of sp³-hybridized carbons (Fsp3) is 0.500. The van der Waals surface area contributed by atoms with Gasteiger partial charge in [-0.15, -0.1) is 0 Å². The third kappa shape index (κ3) is 2.98. The summed E-state index contributed by atoms with van der Waals surface area (Å²) in [5, 5.41) is 0. The van der Waals surface area contributed by atoms with Gasteiger partial charge in [0.2, 0.25) is 0 Å². The van der Waals surface area contributed by atoms with E-state index in [4.69, 9.17) is 0 Å². The van der Waals surface area contributed by atoms with Gasteiger partial charge in [0, 0.05) is 29.4 Å². The van der Waals surface area contributed by atoms with Crippen molar-refractivity contribution < 1.29 is 27.6 Å². The van der Waals surface area contributed by atoms with Crippen LogP contribution in [-0.2, 0) is 19.4 Å². The zero-order valence-corrected chi connectivity index (χ0v) is 16.7. The first-order chi connectivity index (χ1) is 12.4. The first kappa shape index (κ1) is 19.6. The van der Waals surface area contributed by atoms with Crippen LogP contribution in [0.1, 0.15) is 65.0 Å². The zero-order chi connectivity index (χ0) is 20.3. The van der Waals surface area contributed by atoms with Crippen LogP contribution in [0.5, 0.6) is 0 Å². The molecule has 3 rings (SSSR count). The molecule has 0 unspecified atom stereocenters. The van der Waals surface area contributed by atoms with Gasteiger partial charge in [0.25, 0.3) is 0 Å². The molecule has 7 heteroatoms. The molecular weight excluding hydrogens is 368 g/mol. The van der Waals surface area contributed by atoms with Gasteiger partial charge in [-0.2, -0.15) is 0 Å². The molecule has 2 aliphatic rings. The Bertz CT molecular complexity index is 997. The van der Waals surface area contributed by atoms with Crippen molar-refractivity contribution in [2.24, 2.45) is 11.3 Å². The van der Waals surface area contributed by atoms with E-state index in [-0.39, 0.29) is 46.0 Å². The maximum Gasteiger partial charge on any atom is 0.181 e. The summed E-state index contributed by atoms with van der Waals surface area (Å²) in [6.45, 7) is 6.17. The lowest BCUT2D eigenvalue weighted by Crippen LogP contribution is -2.40. The molecule has 0 aromatic heterocycles. The quantitative estimate of drug-likeness (QED) is 0.568. The average Bonchev–Trinajstić information content (AvgIpc) is 2.53. The number of hydrogen-bond acceptors (Lipinski definition) is 6. The summed E-state index contributed by atoms with van der Waals surface area (Å²) in [6, 6.07) is 1.40. The summed E-state index contributed by atoms with van der Waals surface area (Å²) < 4.78 is 25.5. The molecule has 0 amide bonds. The van der Waals surface area contributed by atoms with Crippen LogP contribution in [0.2, 0.25) is 0 Å². The van der Waals surface area contributed by atoms with Gasteiger partial charge in [0.1, 0.15) is 5.92 Å². The van der Waals surface area contributed by atoms with E-state index >= 15 is 0 Å². The van der Waals surface area contributed by atoms with E-state index in [9.17, 15) is 27.6 Å². The predicted octanol–water partition coefficient (Wildman–Crippen LogP) is 2.42. The van der Waals surface area contributed by atoms with Gasteiger partial charge < -0.3 is 0 Å². The van der Waals surface area contributed by atoms with Crippen LogP contribution in [0.4, 0.5) is 0 Å². The average molecular weight is 390 g/mol. The van der Waals surface area contributed by atoms with Crippen LogP contribution in [0.15, 0.2) is 11.0 Å². The number of fused-ring (bicyclic) bond motifs is 1. The largest absolute Gasteiger partial charge is 0.298 e. The van der Waals surface area contributed by atoms with Crippen molar-refractivity contribution in [1.82, 2.24) is 0 Å². The molecule has 0 atom stereocenters. The molecule has 144 valence electrons. The second kappa shape index (κ2) is 6.19. The van der Waals surface area contributed by atoms with E-state index in [2.05, 4.69) is 0 Å². The molecular formula is C20H22O6S. The highest BCUT2D eigenvalue weighted by Crippen LogP contribution is 2.40. The summed E-state index contributed by atoms with van der Waals surface area (Å²) in [4.78, 5) is 50.3. The summed E-state index contributed by atoms with van der Waals surface area (Å²) in [6.07, 6.45) is 0.783. The van der Waals surface area contributed by atoms with Gasteiger partial charge in [0.15, 0.2) is 33.0 Å². The van der Waals surface area contributed by atoms with E-state index in [0.717, 1.165) is 0 Å². The molecule has 0 radical (unpaired) electrons. The van der Waals surface area contributed by atoms with Gasteiger partial charge in [-0.3, -0.25) is 19.2 Å². The van der Waals surface area contributed by atoms with E-state index in [1.807, 2.05) is 0 Å². The number of Topliss-reactive ketones (excluding diaryl/α,β-unsaturated/α-hetero) is 4. The van der Waals surface area contributed by atoms with Gasteiger partial charge in [-0.25, -0.2) is 8.42 Å². The summed E-state index contributed by atoms with van der Waals surface area (Å²) in [5.74, 6) is -3.45. The zero-order valence-electron chi connectivity index (χ0n) is 15.8. The molecule has 6 nitrogen and oxygen atoms in total. The molecule has 1 aliphatic carbocycles. The number of aryl methyl sites for hydroxylation is 1. The highest BCUT2D eigenvalue weighted by atomic mass is 32.2. The molecule has 1 aromatic carbocycles. The van der Waals surface area contributed by atoms with E-state index in [1.165, 1.54) is 19.9 Å². The number of hydrogen-bond donors (Lipinski definition) is 0. The van der Waals surface area contributed by atoms with Crippen molar-refractivity contribution in [1.29, 1.82) is 0 Å². The van der Waals surface area contributed by atoms with Crippen LogP contribution in [-0.4, -0.2) is 37.3 Å². The Labute approximate surface area is 158 Å². The second-order valence-corrected chi connectivity index (χ2v) is 10.1. The standard InChI is InChI=1S/C20H22O6S/c1-10-8-12(17(23)16-13(21)6-5-7-14(16)22)11(2)15-18(10)27(25,26)9-20(3,4)19(15)24/h8,16H,5-7,9H2,1-4H3. The Morgan fingerprint density at radius 1 is 1.07 bits per heavy atom. The minimum atomic E-state index is -3.69. The fourth-order valence-corrected chi connectivity index (χ4v) is 6.46. The Morgan fingerprint density at radius 2 is 1.63 bits per heavy atom. The third-order valence-electron chi connectivity index (χ3n) is 5.45. The van der Waals surface area contributed by atoms with Gasteiger partial charge in [-0.1, -0.05) is 13.8 Å². The number of carbonyl (C=O) groups is 4. The Balaban J connectivity index is 2.25. The topological polar surface area (TPSA) is 102 Å². The van der Waals surface area contributed by atoms with Gasteiger partial charge in [-0.05, 0) is 37.5 Å². The van der Waals surface area contributed by atoms with E-state index in [1.54, 1.807) is 13.8 Å². The van der Waals surface area contributed by atoms with Crippen LogP contribution < -0.4 is 0 Å². The number of carbonyl (C=O) groups excluding carboxylic acids is 4. The fourth-order valence-electron chi connectivity index (χ4n) is 4.13. The SMILES string of the molecule is Cc1cc(C(=O)C2C(=O)CCCC2=O)c(C)c2c1S(=O)(=O)CC(C)(C)C2=O. The van der Waals surface area contributed by atoms with Crippen molar-refractivity contribution in [3.05, 3.63) is 28.3 Å². The lowest BCUT2D eigenvalue weighted by atomic mass is 9.78. The second-order valence-electron chi connectivity index (χ2n) is 8.13. The van der Waals surface area contributed by atoms with Crippen molar-refractivity contribution in [3.8, 4) is 0 Å². The number of rotatable bonds is 2. The number of benzene rings is 1. The molecule has 1 fully saturated rings. The normalized spacial score (nSPS) is 21.9. The summed E-state index contributed by atoms with van der Waals surface area (Å²) >= 11 is 0. The highest BCUT2D eigenvalue weighted by molar-refractivity contribution is 7.91. The van der Waals surface area contributed by atoms with Crippen LogP contribution in [0.3, 0.4) is 0 Å². The minimum absolute atomic E-state index is 0.0188. The summed E-state index contributed by atoms with van der Waals surface area (Å²) in [7, 11) is -3.69. The molecule has 1 heterocycles. The Kier molecular flexibility index (Phi) is 4.50. The molecule has 0 bridgehead atoms. The van der Waals surface area contributed by atoms with Crippen LogP contribution in [0, 0.1) is 25.2 Å². The van der Waals surface area contributed by atoms with Crippen molar-refractivity contribution in [2.45, 2.75) is 51.9 Å². The molecule has 1 aliphatic heterocycles. The van der Waals surface area contributed by atoms with Crippen LogP contribution >= 0.6 is 0 Å². The number of ketones is 4. The molecule has 27 heavy (non-hydrogen) atoms. The third-order valence-corrected chi connectivity index (χ3v) is 7.70. The lowest BCUT2D eigenvalue weighted by Gasteiger charge is -2.32. The Hall–Kier alpha value is -2.15. The van der Waals surface area contributed by atoms with Gasteiger partial charge in [0.05, 0.1) is 10.6 Å². The molecule has 0 N–H and O–H groups in total. The maximum atomic E-state index is 13.0. The molecule has 0 saturated heterocycles. The highest BCUT2D eigenvalue weighted by Gasteiger charge is 2.46. The first-order valence-electron chi connectivity index (χ1n) is 8.90. The summed E-state index contributed by atoms with van der Waals surface area (Å²) in [5.41, 5.74) is -0.487. The smallest absolute Gasteiger partial charge is 0.181 e. The van der Waals surface area contributed by atoms with Crippen molar-refractivity contribution in [3.63, 3.8) is 0 Å². The monoisotopic (exact) mass is 390 g/mol. The van der Waals surface area contributed by atoms with Crippen LogP contribution in [0.25, 0.3) is 0 Å². The minimum Gasteiger partial charge on any atom is -0.298 e. The van der Waals surface area contributed by atoms with Crippen molar-refractivity contribution in [2.75, 3.05) is 5.75 Å². The molecule has 1 aromatic rings. The first-order valence-corrected chi connectivity index (χ1v) is 10.5. The maximum absolute atomic E-state index is 13.0. The predicted molar refractivity (Wildman–Crippen MR) is 97.8 cm³/mol. The number of sulfone groups is 1. The Morgan fingerprint density at radius 3 is 2.19 bits per heavy atom. The van der Waals surface area contributed by atoms with Crippen molar-refractivity contribution >= 4 is 33.0 Å². The van der Waals surface area contributed by atoms with E-state index < -0.39 is 38.5 Å². The van der Waals surface area contributed by atoms with E-state index in [0.29, 0.717) is 12.0 Å². The van der Waals surface area contributed by atoms with Gasteiger partial charge >= 0.3 is 0 Å². The molecule has 1 saturated carbocycles. The molecule has 0 spiro atoms.